The molecule has 0 bridgehead atoms. The Bertz CT molecular complexity index is 362. The van der Waals surface area contributed by atoms with Gasteiger partial charge in [-0.3, -0.25) is 4.79 Å². The van der Waals surface area contributed by atoms with Crippen molar-refractivity contribution in [1.29, 1.82) is 0 Å². The van der Waals surface area contributed by atoms with Crippen LogP contribution in [0, 0.1) is 6.92 Å². The van der Waals surface area contributed by atoms with Gasteiger partial charge >= 0.3 is 0 Å². The third kappa shape index (κ3) is 1.63. The number of carbonyl (C=O) groups is 1. The first-order valence-corrected chi connectivity index (χ1v) is 4.79. The largest absolute Gasteiger partial charge is 0.326 e. The molecule has 0 aliphatic carbocycles. The smallest absolute Gasteiger partial charge is 0.228 e. The predicted octanol–water partition coefficient (Wildman–Crippen LogP) is 1.06. The van der Waals surface area contributed by atoms with Gasteiger partial charge in [0.15, 0.2) is 0 Å². The molecule has 1 atom stereocenters. The number of hydrogen-bond donors (Lipinski definition) is 1. The van der Waals surface area contributed by atoms with E-state index in [9.17, 15) is 4.79 Å². The van der Waals surface area contributed by atoms with Gasteiger partial charge in [0.25, 0.3) is 0 Å². The highest BCUT2D eigenvalue weighted by Gasteiger charge is 2.27. The summed E-state index contributed by atoms with van der Waals surface area (Å²) in [5.41, 5.74) is 7.85. The highest BCUT2D eigenvalue weighted by atomic mass is 16.2. The Morgan fingerprint density at radius 1 is 1.50 bits per heavy atom. The number of carbonyl (C=O) groups excluding carboxylic acids is 1. The van der Waals surface area contributed by atoms with Crippen LogP contribution in [0.3, 0.4) is 0 Å². The van der Waals surface area contributed by atoms with Gasteiger partial charge in [0.2, 0.25) is 5.91 Å². The number of anilines is 1. The predicted molar refractivity (Wildman–Crippen MR) is 56.1 cm³/mol. The molecule has 0 saturated carbocycles. The van der Waals surface area contributed by atoms with Crippen molar-refractivity contribution in [2.75, 3.05) is 11.4 Å². The van der Waals surface area contributed by atoms with Crippen LogP contribution in [-0.2, 0) is 4.79 Å². The average Bonchev–Trinajstić information content (AvgIpc) is 2.45. The second-order valence-corrected chi connectivity index (χ2v) is 3.81. The van der Waals surface area contributed by atoms with Gasteiger partial charge < -0.3 is 10.6 Å². The molecule has 0 spiro atoms. The van der Waals surface area contributed by atoms with Gasteiger partial charge in [0.1, 0.15) is 0 Å². The maximum Gasteiger partial charge on any atom is 0.228 e. The summed E-state index contributed by atoms with van der Waals surface area (Å²) >= 11 is 0. The molecule has 1 heterocycles. The normalized spacial score (nSPS) is 21.7. The minimum absolute atomic E-state index is 0.0111. The van der Waals surface area contributed by atoms with Crippen molar-refractivity contribution in [3.8, 4) is 0 Å². The quantitative estimate of drug-likeness (QED) is 0.719. The van der Waals surface area contributed by atoms with E-state index in [1.165, 1.54) is 0 Å². The fraction of sp³-hybridized carbons (Fsp3) is 0.364. The highest BCUT2D eigenvalue weighted by Crippen LogP contribution is 2.21. The Kier molecular flexibility index (Phi) is 2.25. The molecule has 1 saturated heterocycles. The van der Waals surface area contributed by atoms with E-state index in [1.807, 2.05) is 31.2 Å². The first-order chi connectivity index (χ1) is 6.66. The monoisotopic (exact) mass is 190 g/mol. The summed E-state index contributed by atoms with van der Waals surface area (Å²) in [5.74, 6) is 0.128. The number of amides is 1. The third-order valence-electron chi connectivity index (χ3n) is 2.47. The number of nitrogens with zero attached hydrogens (tertiary/aromatic N) is 1. The summed E-state index contributed by atoms with van der Waals surface area (Å²) in [6, 6.07) is 7.92. The Labute approximate surface area is 83.5 Å². The van der Waals surface area contributed by atoms with Gasteiger partial charge in [-0.05, 0) is 24.6 Å². The summed E-state index contributed by atoms with van der Waals surface area (Å²) in [4.78, 5) is 13.3. The number of rotatable bonds is 1. The molecule has 2 rings (SSSR count). The summed E-state index contributed by atoms with van der Waals surface area (Å²) in [6.45, 7) is 2.66. The van der Waals surface area contributed by atoms with E-state index >= 15 is 0 Å². The van der Waals surface area contributed by atoms with Crippen LogP contribution in [0.15, 0.2) is 24.3 Å². The third-order valence-corrected chi connectivity index (χ3v) is 2.47. The lowest BCUT2D eigenvalue weighted by atomic mass is 10.2. The van der Waals surface area contributed by atoms with Crippen LogP contribution in [-0.4, -0.2) is 18.5 Å². The van der Waals surface area contributed by atoms with E-state index < -0.39 is 0 Å². The summed E-state index contributed by atoms with van der Waals surface area (Å²) in [6.07, 6.45) is 0.466. The molecule has 74 valence electrons. The number of aryl methyl sites for hydroxylation is 1. The topological polar surface area (TPSA) is 46.3 Å². The summed E-state index contributed by atoms with van der Waals surface area (Å²) < 4.78 is 0. The Hall–Kier alpha value is -1.35. The molecular weight excluding hydrogens is 176 g/mol. The molecule has 2 N–H and O–H groups in total. The van der Waals surface area contributed by atoms with Crippen molar-refractivity contribution in [2.24, 2.45) is 5.73 Å². The van der Waals surface area contributed by atoms with Crippen LogP contribution in [0.1, 0.15) is 12.0 Å². The molecule has 1 aliphatic heterocycles. The van der Waals surface area contributed by atoms with E-state index in [1.54, 1.807) is 4.90 Å². The molecule has 0 aromatic heterocycles. The standard InChI is InChI=1S/C11H14N2O/c1-8-3-2-4-10(5-8)13-7-9(12)6-11(13)14/h2-5,9H,6-7,12H2,1H3/t9-/m0/s1. The first kappa shape index (κ1) is 9.21. The number of benzene rings is 1. The van der Waals surface area contributed by atoms with Crippen molar-refractivity contribution in [3.63, 3.8) is 0 Å². The SMILES string of the molecule is Cc1cccc(N2C[C@@H](N)CC2=O)c1. The zero-order valence-electron chi connectivity index (χ0n) is 8.23. The molecular formula is C11H14N2O. The van der Waals surface area contributed by atoms with Gasteiger partial charge in [-0.2, -0.15) is 0 Å². The summed E-state index contributed by atoms with van der Waals surface area (Å²) in [7, 11) is 0. The number of nitrogens with two attached hydrogens (primary N) is 1. The lowest BCUT2D eigenvalue weighted by Crippen LogP contribution is -2.27. The molecule has 0 unspecified atom stereocenters. The molecule has 3 nitrogen and oxygen atoms in total. The zero-order chi connectivity index (χ0) is 10.1. The maximum atomic E-state index is 11.5. The Morgan fingerprint density at radius 2 is 2.29 bits per heavy atom. The maximum absolute atomic E-state index is 11.5. The lowest BCUT2D eigenvalue weighted by molar-refractivity contribution is -0.117. The highest BCUT2D eigenvalue weighted by molar-refractivity contribution is 5.96. The molecule has 0 radical (unpaired) electrons. The van der Waals surface area contributed by atoms with E-state index in [-0.39, 0.29) is 11.9 Å². The number of hydrogen-bond acceptors (Lipinski definition) is 2. The Morgan fingerprint density at radius 3 is 2.86 bits per heavy atom. The lowest BCUT2D eigenvalue weighted by Gasteiger charge is -2.16. The summed E-state index contributed by atoms with van der Waals surface area (Å²) in [5, 5.41) is 0. The zero-order valence-corrected chi connectivity index (χ0v) is 8.23. The molecule has 1 fully saturated rings. The first-order valence-electron chi connectivity index (χ1n) is 4.79. The van der Waals surface area contributed by atoms with Crippen LogP contribution in [0.2, 0.25) is 0 Å². The minimum atomic E-state index is -0.0111. The van der Waals surface area contributed by atoms with Crippen LogP contribution >= 0.6 is 0 Å². The van der Waals surface area contributed by atoms with Crippen LogP contribution in [0.5, 0.6) is 0 Å². The fourth-order valence-electron chi connectivity index (χ4n) is 1.78. The molecule has 1 aromatic carbocycles. The minimum Gasteiger partial charge on any atom is -0.326 e. The van der Waals surface area contributed by atoms with Crippen molar-refractivity contribution in [3.05, 3.63) is 29.8 Å². The van der Waals surface area contributed by atoms with E-state index in [0.29, 0.717) is 13.0 Å². The Balaban J connectivity index is 2.27. The van der Waals surface area contributed by atoms with Gasteiger partial charge in [0.05, 0.1) is 0 Å². The van der Waals surface area contributed by atoms with Gasteiger partial charge in [-0.25, -0.2) is 0 Å². The fourth-order valence-corrected chi connectivity index (χ4v) is 1.78. The molecule has 1 aromatic rings. The van der Waals surface area contributed by atoms with Crippen molar-refractivity contribution in [1.82, 2.24) is 0 Å². The van der Waals surface area contributed by atoms with E-state index in [2.05, 4.69) is 0 Å². The van der Waals surface area contributed by atoms with Gasteiger partial charge in [-0.1, -0.05) is 12.1 Å². The van der Waals surface area contributed by atoms with E-state index in [4.69, 9.17) is 5.73 Å². The van der Waals surface area contributed by atoms with Gasteiger partial charge in [-0.15, -0.1) is 0 Å². The molecule has 1 aliphatic rings. The van der Waals surface area contributed by atoms with Crippen molar-refractivity contribution in [2.45, 2.75) is 19.4 Å². The average molecular weight is 190 g/mol. The molecule has 3 heteroatoms. The molecule has 14 heavy (non-hydrogen) atoms. The van der Waals surface area contributed by atoms with Crippen LogP contribution < -0.4 is 10.6 Å². The van der Waals surface area contributed by atoms with Crippen LogP contribution in [0.4, 0.5) is 5.69 Å². The van der Waals surface area contributed by atoms with Crippen LogP contribution in [0.25, 0.3) is 0 Å². The van der Waals surface area contributed by atoms with E-state index in [0.717, 1.165) is 11.3 Å². The van der Waals surface area contributed by atoms with Gasteiger partial charge in [0, 0.05) is 24.7 Å². The molecule has 1 amide bonds. The second-order valence-electron chi connectivity index (χ2n) is 3.81. The second kappa shape index (κ2) is 3.42. The van der Waals surface area contributed by atoms with Crippen molar-refractivity contribution >= 4 is 11.6 Å². The van der Waals surface area contributed by atoms with Crippen molar-refractivity contribution < 1.29 is 4.79 Å².